The Hall–Kier alpha value is -0.120. The third kappa shape index (κ3) is 4.81. The average molecular weight is 228 g/mol. The van der Waals surface area contributed by atoms with Gasteiger partial charge in [-0.15, -0.1) is 0 Å². The van der Waals surface area contributed by atoms with Crippen molar-refractivity contribution in [2.45, 2.75) is 51.7 Å². The van der Waals surface area contributed by atoms with Crippen LogP contribution in [0.25, 0.3) is 0 Å². The van der Waals surface area contributed by atoms with E-state index in [-0.39, 0.29) is 0 Å². The molecule has 0 aromatic heterocycles. The van der Waals surface area contributed by atoms with Crippen LogP contribution in [0, 0.1) is 0 Å². The van der Waals surface area contributed by atoms with Gasteiger partial charge in [-0.2, -0.15) is 0 Å². The Balaban J connectivity index is 2.16. The van der Waals surface area contributed by atoms with Gasteiger partial charge in [-0.1, -0.05) is 6.92 Å². The van der Waals surface area contributed by atoms with Crippen molar-refractivity contribution in [2.24, 2.45) is 0 Å². The van der Waals surface area contributed by atoms with E-state index >= 15 is 0 Å². The third-order valence-electron chi connectivity index (χ3n) is 3.53. The molecule has 1 rings (SSSR count). The van der Waals surface area contributed by atoms with Gasteiger partial charge in [-0.25, -0.2) is 0 Å². The number of hydrogen-bond acceptors (Lipinski definition) is 3. The zero-order valence-corrected chi connectivity index (χ0v) is 11.2. The predicted octanol–water partition coefficient (Wildman–Crippen LogP) is 1.88. The Morgan fingerprint density at radius 1 is 1.44 bits per heavy atom. The van der Waals surface area contributed by atoms with Crippen LogP contribution in [-0.4, -0.2) is 50.3 Å². The summed E-state index contributed by atoms with van der Waals surface area (Å²) in [5.41, 5.74) is 0. The van der Waals surface area contributed by atoms with Crippen molar-refractivity contribution in [1.82, 2.24) is 10.2 Å². The van der Waals surface area contributed by atoms with Crippen molar-refractivity contribution in [1.29, 1.82) is 0 Å². The maximum absolute atomic E-state index is 5.46. The van der Waals surface area contributed by atoms with Crippen molar-refractivity contribution in [3.63, 3.8) is 0 Å². The Morgan fingerprint density at radius 3 is 2.94 bits per heavy atom. The molecule has 2 atom stereocenters. The highest BCUT2D eigenvalue weighted by atomic mass is 16.5. The molecule has 0 aromatic rings. The minimum Gasteiger partial charge on any atom is -0.380 e. The summed E-state index contributed by atoms with van der Waals surface area (Å²) < 4.78 is 5.46. The van der Waals surface area contributed by atoms with Crippen LogP contribution in [0.3, 0.4) is 0 Å². The molecule has 1 aliphatic rings. The number of likely N-dealkylation sites (tertiary alicyclic amines) is 1. The molecular weight excluding hydrogens is 200 g/mol. The van der Waals surface area contributed by atoms with Gasteiger partial charge in [-0.3, -0.25) is 4.90 Å². The maximum Gasteiger partial charge on any atom is 0.0698 e. The summed E-state index contributed by atoms with van der Waals surface area (Å²) in [5.74, 6) is 0. The molecule has 0 spiro atoms. The maximum atomic E-state index is 5.46. The van der Waals surface area contributed by atoms with Crippen molar-refractivity contribution >= 4 is 0 Å². The molecule has 16 heavy (non-hydrogen) atoms. The summed E-state index contributed by atoms with van der Waals surface area (Å²) in [6, 6.07) is 0.683. The van der Waals surface area contributed by atoms with Gasteiger partial charge >= 0.3 is 0 Å². The van der Waals surface area contributed by atoms with Gasteiger partial charge in [0.15, 0.2) is 0 Å². The summed E-state index contributed by atoms with van der Waals surface area (Å²) in [6.07, 6.45) is 5.44. The lowest BCUT2D eigenvalue weighted by molar-refractivity contribution is 0.0162. The highest BCUT2D eigenvalue weighted by Gasteiger charge is 2.22. The van der Waals surface area contributed by atoms with Crippen LogP contribution in [-0.2, 0) is 4.74 Å². The molecule has 1 aliphatic heterocycles. The van der Waals surface area contributed by atoms with Gasteiger partial charge < -0.3 is 10.1 Å². The van der Waals surface area contributed by atoms with Crippen LogP contribution in [0.4, 0.5) is 0 Å². The zero-order valence-electron chi connectivity index (χ0n) is 11.2. The zero-order chi connectivity index (χ0) is 11.8. The number of hydrogen-bond donors (Lipinski definition) is 1. The van der Waals surface area contributed by atoms with Crippen LogP contribution in [0.15, 0.2) is 0 Å². The van der Waals surface area contributed by atoms with Crippen molar-refractivity contribution in [3.8, 4) is 0 Å². The molecule has 1 saturated heterocycles. The van der Waals surface area contributed by atoms with Crippen LogP contribution in [0.1, 0.15) is 39.5 Å². The van der Waals surface area contributed by atoms with E-state index in [9.17, 15) is 0 Å². The molecule has 96 valence electrons. The first-order chi connectivity index (χ1) is 7.77. The first kappa shape index (κ1) is 13.9. The number of methoxy groups -OCH3 is 1. The fourth-order valence-electron chi connectivity index (χ4n) is 2.35. The van der Waals surface area contributed by atoms with Crippen molar-refractivity contribution in [3.05, 3.63) is 0 Å². The van der Waals surface area contributed by atoms with E-state index < -0.39 is 0 Å². The molecule has 1 fully saturated rings. The number of piperidine rings is 1. The molecule has 1 N–H and O–H groups in total. The highest BCUT2D eigenvalue weighted by molar-refractivity contribution is 4.77. The fourth-order valence-corrected chi connectivity index (χ4v) is 2.35. The quantitative estimate of drug-likeness (QED) is 0.673. The van der Waals surface area contributed by atoms with E-state index in [0.29, 0.717) is 12.1 Å². The second-order valence-corrected chi connectivity index (χ2v) is 4.88. The highest BCUT2D eigenvalue weighted by Crippen LogP contribution is 2.16. The topological polar surface area (TPSA) is 24.5 Å². The van der Waals surface area contributed by atoms with Crippen molar-refractivity contribution in [2.75, 3.05) is 33.3 Å². The van der Waals surface area contributed by atoms with E-state index in [1.165, 1.54) is 32.2 Å². The van der Waals surface area contributed by atoms with Gasteiger partial charge in [0.25, 0.3) is 0 Å². The molecule has 0 saturated carbocycles. The van der Waals surface area contributed by atoms with E-state index in [1.54, 1.807) is 0 Å². The molecular formula is C13H28N2O. The van der Waals surface area contributed by atoms with Gasteiger partial charge in [0.05, 0.1) is 6.10 Å². The van der Waals surface area contributed by atoms with Crippen molar-refractivity contribution < 1.29 is 4.74 Å². The first-order valence-electron chi connectivity index (χ1n) is 6.75. The number of ether oxygens (including phenoxy) is 1. The summed E-state index contributed by atoms with van der Waals surface area (Å²) in [6.45, 7) is 9.20. The molecule has 0 aromatic carbocycles. The molecule has 3 nitrogen and oxygen atoms in total. The largest absolute Gasteiger partial charge is 0.380 e. The van der Waals surface area contributed by atoms with Gasteiger partial charge in [0.2, 0.25) is 0 Å². The normalized spacial score (nSPS) is 24.6. The first-order valence-corrected chi connectivity index (χ1v) is 6.75. The molecule has 0 aliphatic carbocycles. The lowest BCUT2D eigenvalue weighted by atomic mass is 10.0. The summed E-state index contributed by atoms with van der Waals surface area (Å²) >= 11 is 0. The summed E-state index contributed by atoms with van der Waals surface area (Å²) in [5, 5.41) is 3.47. The van der Waals surface area contributed by atoms with E-state index in [4.69, 9.17) is 4.74 Å². The Morgan fingerprint density at radius 2 is 2.25 bits per heavy atom. The summed E-state index contributed by atoms with van der Waals surface area (Å²) in [4.78, 5) is 2.57. The van der Waals surface area contributed by atoms with Crippen LogP contribution < -0.4 is 5.32 Å². The van der Waals surface area contributed by atoms with Crippen LogP contribution in [0.2, 0.25) is 0 Å². The minimum atomic E-state index is 0.458. The number of nitrogens with zero attached hydrogens (tertiary/aromatic N) is 1. The lowest BCUT2D eigenvalue weighted by Crippen LogP contribution is -2.45. The lowest BCUT2D eigenvalue weighted by Gasteiger charge is -2.36. The molecule has 3 heteroatoms. The standard InChI is InChI=1S/C13H28N2O/c1-4-8-14-9-7-12(2)15-10-5-6-13(11-15)16-3/h12-14H,4-11H2,1-3H3. The Labute approximate surface area is 101 Å². The van der Waals surface area contributed by atoms with Gasteiger partial charge in [0, 0.05) is 19.7 Å². The average Bonchev–Trinajstić information content (AvgIpc) is 2.34. The smallest absolute Gasteiger partial charge is 0.0698 e. The van der Waals surface area contributed by atoms with Gasteiger partial charge in [-0.05, 0) is 52.2 Å². The Kier molecular flexibility index (Phi) is 7.01. The second kappa shape index (κ2) is 8.04. The monoisotopic (exact) mass is 228 g/mol. The summed E-state index contributed by atoms with van der Waals surface area (Å²) in [7, 11) is 1.83. The SMILES string of the molecule is CCCNCCC(C)N1CCCC(OC)C1. The van der Waals surface area contributed by atoms with Crippen LogP contribution in [0.5, 0.6) is 0 Å². The predicted molar refractivity (Wildman–Crippen MR) is 68.8 cm³/mol. The molecule has 0 bridgehead atoms. The molecule has 0 radical (unpaired) electrons. The molecule has 1 heterocycles. The molecule has 2 unspecified atom stereocenters. The third-order valence-corrected chi connectivity index (χ3v) is 3.53. The number of nitrogens with one attached hydrogen (secondary N) is 1. The minimum absolute atomic E-state index is 0.458. The van der Waals surface area contributed by atoms with Gasteiger partial charge in [0.1, 0.15) is 0 Å². The Bertz CT molecular complexity index is 175. The van der Waals surface area contributed by atoms with E-state index in [2.05, 4.69) is 24.1 Å². The number of rotatable bonds is 7. The second-order valence-electron chi connectivity index (χ2n) is 4.88. The van der Waals surface area contributed by atoms with E-state index in [1.807, 2.05) is 7.11 Å². The molecule has 0 amide bonds. The fraction of sp³-hybridized carbons (Fsp3) is 1.00. The van der Waals surface area contributed by atoms with Crippen LogP contribution >= 0.6 is 0 Å². The van der Waals surface area contributed by atoms with E-state index in [0.717, 1.165) is 19.6 Å².